The minimum absolute atomic E-state index is 0.000550. The molecule has 0 aliphatic heterocycles. The van der Waals surface area contributed by atoms with Gasteiger partial charge in [0.25, 0.3) is 0 Å². The van der Waals surface area contributed by atoms with Crippen molar-refractivity contribution in [2.75, 3.05) is 38.8 Å². The average Bonchev–Trinajstić information content (AvgIpc) is 2.44. The van der Waals surface area contributed by atoms with Crippen molar-refractivity contribution in [1.82, 2.24) is 4.90 Å². The summed E-state index contributed by atoms with van der Waals surface area (Å²) in [5.74, 6) is -0.000550. The Kier molecular flexibility index (Phi) is 8.45. The Labute approximate surface area is 122 Å². The van der Waals surface area contributed by atoms with Gasteiger partial charge in [0.15, 0.2) is 0 Å². The second-order valence-corrected chi connectivity index (χ2v) is 4.83. The van der Waals surface area contributed by atoms with Crippen molar-refractivity contribution in [2.24, 2.45) is 0 Å². The van der Waals surface area contributed by atoms with E-state index < -0.39 is 0 Å². The van der Waals surface area contributed by atoms with Gasteiger partial charge in [0.05, 0.1) is 13.2 Å². The van der Waals surface area contributed by atoms with Crippen LogP contribution < -0.4 is 0 Å². The SMILES string of the molecule is COCCOCC(=O)N(CCBr)Cc1ccccc1. The van der Waals surface area contributed by atoms with Crippen molar-refractivity contribution in [3.8, 4) is 0 Å². The number of halogens is 1. The average molecular weight is 330 g/mol. The van der Waals surface area contributed by atoms with Gasteiger partial charge < -0.3 is 14.4 Å². The fourth-order valence-electron chi connectivity index (χ4n) is 1.59. The van der Waals surface area contributed by atoms with E-state index in [2.05, 4.69) is 15.9 Å². The zero-order valence-electron chi connectivity index (χ0n) is 11.2. The molecule has 0 radical (unpaired) electrons. The molecule has 0 saturated heterocycles. The van der Waals surface area contributed by atoms with E-state index in [1.807, 2.05) is 30.3 Å². The molecule has 0 aromatic heterocycles. The maximum absolute atomic E-state index is 12.0. The molecule has 1 amide bonds. The summed E-state index contributed by atoms with van der Waals surface area (Å²) in [5.41, 5.74) is 1.12. The van der Waals surface area contributed by atoms with Gasteiger partial charge in [0.2, 0.25) is 5.91 Å². The van der Waals surface area contributed by atoms with Gasteiger partial charge in [-0.1, -0.05) is 46.3 Å². The summed E-state index contributed by atoms with van der Waals surface area (Å²) in [6.45, 7) is 2.32. The monoisotopic (exact) mass is 329 g/mol. The van der Waals surface area contributed by atoms with Crippen LogP contribution in [-0.4, -0.2) is 49.6 Å². The predicted octanol–water partition coefficient (Wildman–Crippen LogP) is 2.07. The fraction of sp³-hybridized carbons (Fsp3) is 0.500. The number of rotatable bonds is 9. The topological polar surface area (TPSA) is 38.8 Å². The van der Waals surface area contributed by atoms with E-state index in [1.54, 1.807) is 12.0 Å². The molecule has 0 heterocycles. The highest BCUT2D eigenvalue weighted by molar-refractivity contribution is 9.09. The number of nitrogens with zero attached hydrogens (tertiary/aromatic N) is 1. The molecule has 0 aliphatic rings. The standard InChI is InChI=1S/C14H20BrNO3/c1-18-9-10-19-12-14(17)16(8-7-15)11-13-5-3-2-4-6-13/h2-6H,7-12H2,1H3. The zero-order valence-corrected chi connectivity index (χ0v) is 12.8. The van der Waals surface area contributed by atoms with Gasteiger partial charge in [0.1, 0.15) is 6.61 Å². The Balaban J connectivity index is 2.44. The molecule has 0 N–H and O–H groups in total. The number of hydrogen-bond acceptors (Lipinski definition) is 3. The van der Waals surface area contributed by atoms with E-state index in [0.717, 1.165) is 10.9 Å². The summed E-state index contributed by atoms with van der Waals surface area (Å²) in [6, 6.07) is 9.94. The van der Waals surface area contributed by atoms with E-state index in [1.165, 1.54) is 0 Å². The van der Waals surface area contributed by atoms with Crippen LogP contribution in [0.5, 0.6) is 0 Å². The van der Waals surface area contributed by atoms with Gasteiger partial charge >= 0.3 is 0 Å². The number of carbonyl (C=O) groups is 1. The lowest BCUT2D eigenvalue weighted by Crippen LogP contribution is -2.35. The summed E-state index contributed by atoms with van der Waals surface area (Å²) in [6.07, 6.45) is 0. The predicted molar refractivity (Wildman–Crippen MR) is 78.3 cm³/mol. The summed E-state index contributed by atoms with van der Waals surface area (Å²) < 4.78 is 10.1. The molecule has 5 heteroatoms. The number of alkyl halides is 1. The Morgan fingerprint density at radius 3 is 2.63 bits per heavy atom. The summed E-state index contributed by atoms with van der Waals surface area (Å²) in [5, 5.41) is 0.754. The lowest BCUT2D eigenvalue weighted by atomic mass is 10.2. The molecule has 0 bridgehead atoms. The van der Waals surface area contributed by atoms with E-state index in [-0.39, 0.29) is 12.5 Å². The zero-order chi connectivity index (χ0) is 13.9. The summed E-state index contributed by atoms with van der Waals surface area (Å²) in [4.78, 5) is 13.8. The Hall–Kier alpha value is -0.910. The molecule has 19 heavy (non-hydrogen) atoms. The third-order valence-corrected chi connectivity index (χ3v) is 2.94. The number of benzene rings is 1. The van der Waals surface area contributed by atoms with E-state index in [9.17, 15) is 4.79 Å². The first-order chi connectivity index (χ1) is 9.27. The number of carbonyl (C=O) groups excluding carboxylic acids is 1. The lowest BCUT2D eigenvalue weighted by Gasteiger charge is -2.22. The van der Waals surface area contributed by atoms with E-state index >= 15 is 0 Å². The molecular weight excluding hydrogens is 310 g/mol. The molecule has 1 aromatic rings. The van der Waals surface area contributed by atoms with Gasteiger partial charge in [0, 0.05) is 25.5 Å². The number of methoxy groups -OCH3 is 1. The molecule has 0 atom stereocenters. The summed E-state index contributed by atoms with van der Waals surface area (Å²) >= 11 is 3.37. The summed E-state index contributed by atoms with van der Waals surface area (Å²) in [7, 11) is 1.61. The van der Waals surface area contributed by atoms with Crippen molar-refractivity contribution in [1.29, 1.82) is 0 Å². The number of ether oxygens (including phenoxy) is 2. The molecule has 0 spiro atoms. The third kappa shape index (κ3) is 6.71. The third-order valence-electron chi connectivity index (χ3n) is 2.58. The van der Waals surface area contributed by atoms with Crippen LogP contribution in [-0.2, 0) is 20.8 Å². The second kappa shape index (κ2) is 9.95. The minimum atomic E-state index is -0.000550. The molecule has 1 aromatic carbocycles. The highest BCUT2D eigenvalue weighted by atomic mass is 79.9. The van der Waals surface area contributed by atoms with Crippen LogP contribution in [0.15, 0.2) is 30.3 Å². The van der Waals surface area contributed by atoms with Crippen LogP contribution in [0.3, 0.4) is 0 Å². The van der Waals surface area contributed by atoms with Gasteiger partial charge in [-0.25, -0.2) is 0 Å². The van der Waals surface area contributed by atoms with E-state index in [4.69, 9.17) is 9.47 Å². The highest BCUT2D eigenvalue weighted by Gasteiger charge is 2.13. The van der Waals surface area contributed by atoms with Crippen molar-refractivity contribution in [2.45, 2.75) is 6.54 Å². The normalized spacial score (nSPS) is 10.4. The molecule has 0 aliphatic carbocycles. The minimum Gasteiger partial charge on any atom is -0.382 e. The van der Waals surface area contributed by atoms with Crippen molar-refractivity contribution < 1.29 is 14.3 Å². The first-order valence-electron chi connectivity index (χ1n) is 6.22. The molecule has 106 valence electrons. The molecule has 1 rings (SSSR count). The van der Waals surface area contributed by atoms with E-state index in [0.29, 0.717) is 26.3 Å². The van der Waals surface area contributed by atoms with Gasteiger partial charge in [-0.2, -0.15) is 0 Å². The highest BCUT2D eigenvalue weighted by Crippen LogP contribution is 2.05. The largest absolute Gasteiger partial charge is 0.382 e. The Morgan fingerprint density at radius 2 is 2.00 bits per heavy atom. The van der Waals surface area contributed by atoms with Crippen molar-refractivity contribution in [3.63, 3.8) is 0 Å². The smallest absolute Gasteiger partial charge is 0.248 e. The maximum atomic E-state index is 12.0. The maximum Gasteiger partial charge on any atom is 0.248 e. The fourth-order valence-corrected chi connectivity index (χ4v) is 2.02. The Morgan fingerprint density at radius 1 is 1.26 bits per heavy atom. The van der Waals surface area contributed by atoms with Crippen LogP contribution in [0.2, 0.25) is 0 Å². The van der Waals surface area contributed by atoms with Crippen molar-refractivity contribution >= 4 is 21.8 Å². The van der Waals surface area contributed by atoms with Gasteiger partial charge in [-0.15, -0.1) is 0 Å². The van der Waals surface area contributed by atoms with Crippen LogP contribution in [0, 0.1) is 0 Å². The van der Waals surface area contributed by atoms with Gasteiger partial charge in [-0.05, 0) is 5.56 Å². The van der Waals surface area contributed by atoms with Crippen LogP contribution >= 0.6 is 15.9 Å². The first-order valence-corrected chi connectivity index (χ1v) is 7.34. The Bertz CT molecular complexity index is 359. The molecular formula is C14H20BrNO3. The van der Waals surface area contributed by atoms with Gasteiger partial charge in [-0.3, -0.25) is 4.79 Å². The van der Waals surface area contributed by atoms with Crippen LogP contribution in [0.1, 0.15) is 5.56 Å². The second-order valence-electron chi connectivity index (χ2n) is 4.04. The van der Waals surface area contributed by atoms with Crippen molar-refractivity contribution in [3.05, 3.63) is 35.9 Å². The number of amides is 1. The first kappa shape index (κ1) is 16.1. The molecule has 0 unspecified atom stereocenters. The van der Waals surface area contributed by atoms with Crippen LogP contribution in [0.4, 0.5) is 0 Å². The van der Waals surface area contributed by atoms with Crippen LogP contribution in [0.25, 0.3) is 0 Å². The molecule has 0 fully saturated rings. The molecule has 4 nitrogen and oxygen atoms in total. The number of hydrogen-bond donors (Lipinski definition) is 0. The quantitative estimate of drug-likeness (QED) is 0.514. The lowest BCUT2D eigenvalue weighted by molar-refractivity contribution is -0.136. The molecule has 0 saturated carbocycles.